The fourth-order valence-corrected chi connectivity index (χ4v) is 3.45. The Morgan fingerprint density at radius 1 is 0.964 bits per heavy atom. The molecule has 0 amide bonds. The van der Waals surface area contributed by atoms with Crippen molar-refractivity contribution in [2.45, 2.75) is 19.9 Å². The van der Waals surface area contributed by atoms with Crippen molar-refractivity contribution in [2.24, 2.45) is 0 Å². The summed E-state index contributed by atoms with van der Waals surface area (Å²) < 4.78 is 11.2. The predicted octanol–water partition coefficient (Wildman–Crippen LogP) is 3.34. The minimum Gasteiger partial charge on any atom is -0.497 e. The number of methoxy groups -OCH3 is 1. The van der Waals surface area contributed by atoms with Gasteiger partial charge in [0.15, 0.2) is 0 Å². The van der Waals surface area contributed by atoms with E-state index in [2.05, 4.69) is 38.8 Å². The molecule has 1 aromatic carbocycles. The highest BCUT2D eigenvalue weighted by Crippen LogP contribution is 2.31. The van der Waals surface area contributed by atoms with E-state index in [4.69, 9.17) is 9.15 Å². The number of aromatic nitrogens is 3. The van der Waals surface area contributed by atoms with Gasteiger partial charge in [-0.2, -0.15) is 0 Å². The molecule has 0 N–H and O–H groups in total. The maximum absolute atomic E-state index is 5.98. The molecule has 146 valence electrons. The summed E-state index contributed by atoms with van der Waals surface area (Å²) in [6.07, 6.45) is 1.81. The average Bonchev–Trinajstić information content (AvgIpc) is 3.24. The highest BCUT2D eigenvalue weighted by Gasteiger charge is 2.23. The van der Waals surface area contributed by atoms with Crippen LogP contribution in [0, 0.1) is 0 Å². The third-order valence-corrected chi connectivity index (χ3v) is 5.12. The van der Waals surface area contributed by atoms with Gasteiger partial charge in [0, 0.05) is 44.0 Å². The lowest BCUT2D eigenvalue weighted by Crippen LogP contribution is -2.49. The summed E-state index contributed by atoms with van der Waals surface area (Å²) >= 11 is 0. The Balaban J connectivity index is 1.58. The van der Waals surface area contributed by atoms with Crippen molar-refractivity contribution in [3.63, 3.8) is 0 Å². The fraction of sp³-hybridized carbons (Fsp3) is 0.381. The summed E-state index contributed by atoms with van der Waals surface area (Å²) in [5, 5.41) is 8.51. The van der Waals surface area contributed by atoms with Crippen LogP contribution in [0.3, 0.4) is 0 Å². The summed E-state index contributed by atoms with van der Waals surface area (Å²) in [6.45, 7) is 8.38. The van der Waals surface area contributed by atoms with Gasteiger partial charge in [-0.15, -0.1) is 10.2 Å². The van der Waals surface area contributed by atoms with Crippen molar-refractivity contribution in [1.82, 2.24) is 20.1 Å². The number of ether oxygens (including phenoxy) is 1. The van der Waals surface area contributed by atoms with Crippen molar-refractivity contribution < 1.29 is 9.15 Å². The van der Waals surface area contributed by atoms with Gasteiger partial charge in [0.2, 0.25) is 5.89 Å². The van der Waals surface area contributed by atoms with E-state index in [9.17, 15) is 0 Å². The van der Waals surface area contributed by atoms with E-state index >= 15 is 0 Å². The van der Waals surface area contributed by atoms with Crippen LogP contribution in [0.2, 0.25) is 0 Å². The molecule has 0 atom stereocenters. The van der Waals surface area contributed by atoms with Crippen LogP contribution in [0.4, 0.5) is 5.82 Å². The number of pyridine rings is 1. The van der Waals surface area contributed by atoms with Crippen LogP contribution >= 0.6 is 0 Å². The lowest BCUT2D eigenvalue weighted by molar-refractivity contribution is 0.209. The van der Waals surface area contributed by atoms with Crippen LogP contribution in [0.15, 0.2) is 47.0 Å². The van der Waals surface area contributed by atoms with Gasteiger partial charge in [-0.3, -0.25) is 4.90 Å². The molecule has 7 heteroatoms. The van der Waals surface area contributed by atoms with E-state index in [1.54, 1.807) is 7.11 Å². The Hall–Kier alpha value is -2.93. The molecule has 0 saturated carbocycles. The van der Waals surface area contributed by atoms with E-state index in [-0.39, 0.29) is 0 Å². The molecule has 2 aromatic heterocycles. The number of anilines is 1. The maximum Gasteiger partial charge on any atom is 0.251 e. The summed E-state index contributed by atoms with van der Waals surface area (Å²) in [6, 6.07) is 12.0. The zero-order valence-electron chi connectivity index (χ0n) is 16.5. The lowest BCUT2D eigenvalue weighted by Gasteiger charge is -2.37. The molecule has 0 radical (unpaired) electrons. The topological polar surface area (TPSA) is 67.5 Å². The highest BCUT2D eigenvalue weighted by molar-refractivity contribution is 5.70. The Morgan fingerprint density at radius 2 is 1.68 bits per heavy atom. The van der Waals surface area contributed by atoms with E-state index in [0.29, 0.717) is 17.8 Å². The first-order valence-electron chi connectivity index (χ1n) is 9.58. The first-order valence-corrected chi connectivity index (χ1v) is 9.58. The van der Waals surface area contributed by atoms with Gasteiger partial charge < -0.3 is 14.1 Å². The smallest absolute Gasteiger partial charge is 0.251 e. The Labute approximate surface area is 165 Å². The van der Waals surface area contributed by atoms with Crippen molar-refractivity contribution in [3.05, 3.63) is 42.6 Å². The monoisotopic (exact) mass is 379 g/mol. The average molecular weight is 379 g/mol. The van der Waals surface area contributed by atoms with Gasteiger partial charge >= 0.3 is 0 Å². The SMILES string of the molecule is COc1ccc(-c2nnc(-c3cccnc3N3CCN(C(C)C)CC3)o2)cc1. The van der Waals surface area contributed by atoms with Gasteiger partial charge in [0.05, 0.1) is 12.7 Å². The van der Waals surface area contributed by atoms with E-state index in [0.717, 1.165) is 48.9 Å². The summed E-state index contributed by atoms with van der Waals surface area (Å²) in [5.41, 5.74) is 1.73. The Kier molecular flexibility index (Phi) is 5.25. The second-order valence-corrected chi connectivity index (χ2v) is 7.13. The quantitative estimate of drug-likeness (QED) is 0.673. The largest absolute Gasteiger partial charge is 0.497 e. The standard InChI is InChI=1S/C21H25N5O2/c1-15(2)25-11-13-26(14-12-25)19-18(5-4-10-22-19)21-24-23-20(28-21)16-6-8-17(27-3)9-7-16/h4-10,15H,11-14H2,1-3H3. The zero-order chi connectivity index (χ0) is 19.5. The number of nitrogens with zero attached hydrogens (tertiary/aromatic N) is 5. The Bertz CT molecular complexity index is 915. The molecule has 7 nitrogen and oxygen atoms in total. The van der Waals surface area contributed by atoms with Crippen LogP contribution in [0.1, 0.15) is 13.8 Å². The van der Waals surface area contributed by atoms with Crippen molar-refractivity contribution in [2.75, 3.05) is 38.2 Å². The van der Waals surface area contributed by atoms with E-state index in [1.807, 2.05) is 42.6 Å². The first kappa shape index (κ1) is 18.4. The van der Waals surface area contributed by atoms with Crippen molar-refractivity contribution in [1.29, 1.82) is 0 Å². The second-order valence-electron chi connectivity index (χ2n) is 7.13. The van der Waals surface area contributed by atoms with E-state index < -0.39 is 0 Å². The molecule has 1 fully saturated rings. The first-order chi connectivity index (χ1) is 13.7. The molecule has 3 aromatic rings. The van der Waals surface area contributed by atoms with Gasteiger partial charge in [-0.1, -0.05) is 0 Å². The van der Waals surface area contributed by atoms with Crippen LogP contribution < -0.4 is 9.64 Å². The van der Waals surface area contributed by atoms with Crippen LogP contribution in [0.25, 0.3) is 22.9 Å². The second kappa shape index (κ2) is 7.98. The molecule has 0 bridgehead atoms. The van der Waals surface area contributed by atoms with Crippen molar-refractivity contribution in [3.8, 4) is 28.7 Å². The molecule has 1 aliphatic heterocycles. The van der Waals surface area contributed by atoms with Gasteiger partial charge in [0.1, 0.15) is 11.6 Å². The molecule has 1 saturated heterocycles. The number of piperazine rings is 1. The lowest BCUT2D eigenvalue weighted by atomic mass is 10.2. The van der Waals surface area contributed by atoms with Gasteiger partial charge in [-0.25, -0.2) is 4.98 Å². The number of benzene rings is 1. The van der Waals surface area contributed by atoms with Crippen LogP contribution in [-0.2, 0) is 0 Å². The summed E-state index contributed by atoms with van der Waals surface area (Å²) in [5.74, 6) is 2.66. The van der Waals surface area contributed by atoms with Gasteiger partial charge in [0.25, 0.3) is 5.89 Å². The molecule has 0 spiro atoms. The molecule has 0 unspecified atom stereocenters. The minimum absolute atomic E-state index is 0.483. The minimum atomic E-state index is 0.483. The summed E-state index contributed by atoms with van der Waals surface area (Å²) in [4.78, 5) is 9.39. The highest BCUT2D eigenvalue weighted by atomic mass is 16.5. The van der Waals surface area contributed by atoms with E-state index in [1.165, 1.54) is 0 Å². The molecular weight excluding hydrogens is 354 g/mol. The third kappa shape index (κ3) is 3.71. The molecule has 3 heterocycles. The fourth-order valence-electron chi connectivity index (χ4n) is 3.45. The summed E-state index contributed by atoms with van der Waals surface area (Å²) in [7, 11) is 1.64. The molecule has 1 aliphatic rings. The van der Waals surface area contributed by atoms with Crippen LogP contribution in [0.5, 0.6) is 5.75 Å². The number of hydrogen-bond donors (Lipinski definition) is 0. The number of rotatable bonds is 5. The van der Waals surface area contributed by atoms with Gasteiger partial charge in [-0.05, 0) is 50.2 Å². The van der Waals surface area contributed by atoms with Crippen LogP contribution in [-0.4, -0.2) is 59.4 Å². The molecule has 28 heavy (non-hydrogen) atoms. The zero-order valence-corrected chi connectivity index (χ0v) is 16.5. The Morgan fingerprint density at radius 3 is 2.36 bits per heavy atom. The van der Waals surface area contributed by atoms with Crippen molar-refractivity contribution >= 4 is 5.82 Å². The third-order valence-electron chi connectivity index (χ3n) is 5.12. The predicted molar refractivity (Wildman–Crippen MR) is 108 cm³/mol. The molecular formula is C21H25N5O2. The normalized spacial score (nSPS) is 15.2. The maximum atomic E-state index is 5.98. The molecule has 4 rings (SSSR count). The number of hydrogen-bond acceptors (Lipinski definition) is 7. The molecule has 0 aliphatic carbocycles.